The molecule has 3 aliphatic heterocycles. The molecule has 0 saturated carbocycles. The Labute approximate surface area is 224 Å². The van der Waals surface area contributed by atoms with Crippen LogP contribution in [-0.4, -0.2) is 170 Å². The molecule has 0 spiro atoms. The molecule has 228 valence electrons. The van der Waals surface area contributed by atoms with Crippen LogP contribution in [0.5, 0.6) is 0 Å². The number of aliphatic hydroxyl groups is 10. The van der Waals surface area contributed by atoms with E-state index < -0.39 is 112 Å². The largest absolute Gasteiger partial charge is 0.394 e. The minimum atomic E-state index is -1.89. The first-order valence-electron chi connectivity index (χ1n) is 12.7. The van der Waals surface area contributed by atoms with E-state index in [0.29, 0.717) is 12.8 Å². The van der Waals surface area contributed by atoms with Crippen molar-refractivity contribution in [3.8, 4) is 0 Å². The van der Waals surface area contributed by atoms with Gasteiger partial charge in [0.05, 0.1) is 26.4 Å². The zero-order chi connectivity index (χ0) is 28.9. The SMILES string of the molecule is C=CCCCO[C@@H]1OC(CO)[C@H](O[C@@H]2OC(CO)[C@H](O[C@@H]3OC(CO)[C@H](O)[C@H](O)C3O)[C@H](O)C2O)[C@H](O)C1O. The lowest BCUT2D eigenvalue weighted by Gasteiger charge is -2.48. The van der Waals surface area contributed by atoms with Crippen molar-refractivity contribution in [1.29, 1.82) is 0 Å². The molecule has 3 fully saturated rings. The molecular weight excluding hydrogens is 532 g/mol. The van der Waals surface area contributed by atoms with Crippen LogP contribution in [0.2, 0.25) is 0 Å². The molecule has 15 atom stereocenters. The van der Waals surface area contributed by atoms with Crippen LogP contribution in [0.3, 0.4) is 0 Å². The summed E-state index contributed by atoms with van der Waals surface area (Å²) in [7, 11) is 0. The Hall–Kier alpha value is -0.900. The van der Waals surface area contributed by atoms with Crippen LogP contribution in [0.25, 0.3) is 0 Å². The van der Waals surface area contributed by atoms with Gasteiger partial charge >= 0.3 is 0 Å². The lowest BCUT2D eigenvalue weighted by molar-refractivity contribution is -0.379. The summed E-state index contributed by atoms with van der Waals surface area (Å²) in [4.78, 5) is 0. The minimum Gasteiger partial charge on any atom is -0.394 e. The fourth-order valence-electron chi connectivity index (χ4n) is 4.61. The van der Waals surface area contributed by atoms with E-state index in [1.807, 2.05) is 0 Å². The Morgan fingerprint density at radius 2 is 1.00 bits per heavy atom. The van der Waals surface area contributed by atoms with Crippen molar-refractivity contribution >= 4 is 0 Å². The van der Waals surface area contributed by atoms with Gasteiger partial charge < -0.3 is 79.5 Å². The molecule has 0 aromatic heterocycles. The second-order valence-electron chi connectivity index (χ2n) is 9.61. The third kappa shape index (κ3) is 7.31. The topological polar surface area (TPSA) is 258 Å². The molecule has 3 heterocycles. The summed E-state index contributed by atoms with van der Waals surface area (Å²) in [5.74, 6) is 0. The molecule has 3 rings (SSSR count). The van der Waals surface area contributed by atoms with Crippen LogP contribution in [0, 0.1) is 0 Å². The zero-order valence-corrected chi connectivity index (χ0v) is 21.1. The molecule has 0 aliphatic carbocycles. The normalized spacial score (nSPS) is 47.2. The standard InChI is InChI=1S/C23H40O16/c1-2-3-4-5-34-21-17(32)14(29)19(10(7-25)36-21)39-23-18(33)15(30)20(11(8-26)37-23)38-22-16(31)13(28)12(27)9(6-24)35-22/h2,9-33H,1,3-8H2/t9?,10?,11?,12-,13-,14+,15+,16?,17?,18?,19-,20-,21+,22-,23-/m0/s1. The Bertz CT molecular complexity index is 739. The van der Waals surface area contributed by atoms with Gasteiger partial charge in [-0.3, -0.25) is 0 Å². The minimum absolute atomic E-state index is 0.175. The van der Waals surface area contributed by atoms with Gasteiger partial charge in [-0.2, -0.15) is 0 Å². The first-order valence-corrected chi connectivity index (χ1v) is 12.7. The highest BCUT2D eigenvalue weighted by Crippen LogP contribution is 2.32. The second kappa shape index (κ2) is 14.8. The molecule has 16 nitrogen and oxygen atoms in total. The highest BCUT2D eigenvalue weighted by atomic mass is 16.8. The van der Waals surface area contributed by atoms with Crippen LogP contribution in [0.4, 0.5) is 0 Å². The predicted molar refractivity (Wildman–Crippen MR) is 124 cm³/mol. The molecule has 3 saturated heterocycles. The molecule has 3 aliphatic rings. The van der Waals surface area contributed by atoms with Gasteiger partial charge in [0.15, 0.2) is 18.9 Å². The Balaban J connectivity index is 1.67. The predicted octanol–water partition coefficient (Wildman–Crippen LogP) is -5.58. The van der Waals surface area contributed by atoms with E-state index in [-0.39, 0.29) is 6.61 Å². The van der Waals surface area contributed by atoms with Gasteiger partial charge in [-0.05, 0) is 12.8 Å². The lowest BCUT2D eigenvalue weighted by Crippen LogP contribution is -2.66. The van der Waals surface area contributed by atoms with E-state index >= 15 is 0 Å². The van der Waals surface area contributed by atoms with E-state index in [9.17, 15) is 51.1 Å². The maximum atomic E-state index is 10.8. The van der Waals surface area contributed by atoms with Gasteiger partial charge in [0, 0.05) is 0 Å². The number of hydrogen-bond donors (Lipinski definition) is 10. The van der Waals surface area contributed by atoms with E-state index in [4.69, 9.17) is 28.4 Å². The molecule has 0 aromatic carbocycles. The molecule has 10 N–H and O–H groups in total. The smallest absolute Gasteiger partial charge is 0.187 e. The van der Waals surface area contributed by atoms with Crippen LogP contribution in [0.1, 0.15) is 12.8 Å². The molecule has 0 amide bonds. The number of ether oxygens (including phenoxy) is 6. The van der Waals surface area contributed by atoms with Crippen molar-refractivity contribution in [1.82, 2.24) is 0 Å². The van der Waals surface area contributed by atoms with Crippen LogP contribution in [0.15, 0.2) is 12.7 Å². The van der Waals surface area contributed by atoms with Crippen LogP contribution >= 0.6 is 0 Å². The van der Waals surface area contributed by atoms with Crippen molar-refractivity contribution in [2.24, 2.45) is 0 Å². The Morgan fingerprint density at radius 1 is 0.564 bits per heavy atom. The molecular formula is C23H40O16. The van der Waals surface area contributed by atoms with Gasteiger partial charge in [0.2, 0.25) is 0 Å². The fourth-order valence-corrected chi connectivity index (χ4v) is 4.61. The number of rotatable bonds is 12. The summed E-state index contributed by atoms with van der Waals surface area (Å²) in [6.45, 7) is 1.54. The van der Waals surface area contributed by atoms with Crippen molar-refractivity contribution < 1.29 is 79.5 Å². The van der Waals surface area contributed by atoms with Gasteiger partial charge in [0.1, 0.15) is 73.2 Å². The van der Waals surface area contributed by atoms with E-state index in [0.717, 1.165) is 0 Å². The third-order valence-corrected chi connectivity index (χ3v) is 6.91. The first-order chi connectivity index (χ1) is 18.6. The number of hydrogen-bond acceptors (Lipinski definition) is 16. The van der Waals surface area contributed by atoms with E-state index in [1.54, 1.807) is 6.08 Å². The van der Waals surface area contributed by atoms with E-state index in [1.165, 1.54) is 0 Å². The lowest BCUT2D eigenvalue weighted by atomic mass is 9.96. The zero-order valence-electron chi connectivity index (χ0n) is 21.1. The van der Waals surface area contributed by atoms with Crippen LogP contribution in [-0.2, 0) is 28.4 Å². The second-order valence-corrected chi connectivity index (χ2v) is 9.61. The summed E-state index contributed by atoms with van der Waals surface area (Å²) in [5, 5.41) is 102. The van der Waals surface area contributed by atoms with E-state index in [2.05, 4.69) is 6.58 Å². The van der Waals surface area contributed by atoms with Gasteiger partial charge in [-0.15, -0.1) is 6.58 Å². The summed E-state index contributed by atoms with van der Waals surface area (Å²) >= 11 is 0. The number of aliphatic hydroxyl groups excluding tert-OH is 10. The average molecular weight is 573 g/mol. The first kappa shape index (κ1) is 32.6. The highest BCUT2D eigenvalue weighted by Gasteiger charge is 2.53. The number of unbranched alkanes of at least 4 members (excludes halogenated alkanes) is 1. The van der Waals surface area contributed by atoms with Crippen molar-refractivity contribution in [2.75, 3.05) is 26.4 Å². The molecule has 0 aromatic rings. The van der Waals surface area contributed by atoms with Gasteiger partial charge in [0.25, 0.3) is 0 Å². The molecule has 0 bridgehead atoms. The third-order valence-electron chi connectivity index (χ3n) is 6.91. The van der Waals surface area contributed by atoms with Gasteiger partial charge in [-0.1, -0.05) is 6.08 Å². The molecule has 16 heteroatoms. The van der Waals surface area contributed by atoms with Gasteiger partial charge in [-0.25, -0.2) is 0 Å². The highest BCUT2D eigenvalue weighted by molar-refractivity contribution is 4.96. The summed E-state index contributed by atoms with van der Waals surface area (Å²) in [5.41, 5.74) is 0. The average Bonchev–Trinajstić information content (AvgIpc) is 2.93. The van der Waals surface area contributed by atoms with Crippen molar-refractivity contribution in [3.63, 3.8) is 0 Å². The Kier molecular flexibility index (Phi) is 12.4. The summed E-state index contributed by atoms with van der Waals surface area (Å²) in [6, 6.07) is 0. The summed E-state index contributed by atoms with van der Waals surface area (Å²) in [6.07, 6.45) is -21.1. The van der Waals surface area contributed by atoms with Crippen molar-refractivity contribution in [2.45, 2.75) is 105 Å². The Morgan fingerprint density at radius 3 is 1.49 bits per heavy atom. The maximum Gasteiger partial charge on any atom is 0.187 e. The molecule has 6 unspecified atom stereocenters. The molecule has 39 heavy (non-hydrogen) atoms. The van der Waals surface area contributed by atoms with Crippen LogP contribution < -0.4 is 0 Å². The fraction of sp³-hybridized carbons (Fsp3) is 0.913. The monoisotopic (exact) mass is 572 g/mol. The number of allylic oxidation sites excluding steroid dienone is 1. The quantitative estimate of drug-likeness (QED) is 0.0772. The molecule has 0 radical (unpaired) electrons. The summed E-state index contributed by atoms with van der Waals surface area (Å²) < 4.78 is 32.8. The maximum absolute atomic E-state index is 10.8. The van der Waals surface area contributed by atoms with Crippen molar-refractivity contribution in [3.05, 3.63) is 12.7 Å².